The van der Waals surface area contributed by atoms with E-state index in [-0.39, 0.29) is 5.56 Å². The highest BCUT2D eigenvalue weighted by atomic mass is 32.2. The van der Waals surface area contributed by atoms with Crippen molar-refractivity contribution in [2.45, 2.75) is 17.1 Å². The van der Waals surface area contributed by atoms with Crippen LogP contribution in [-0.2, 0) is 14.6 Å². The minimum absolute atomic E-state index is 0.371. The molecule has 0 bridgehead atoms. The van der Waals surface area contributed by atoms with Gasteiger partial charge in [-0.05, 0) is 25.1 Å². The molecule has 6 nitrogen and oxygen atoms in total. The summed E-state index contributed by atoms with van der Waals surface area (Å²) in [5.74, 6) is -3.35. The number of rotatable bonds is 4. The zero-order valence-corrected chi connectivity index (χ0v) is 11.0. The predicted molar refractivity (Wildman–Crippen MR) is 64.1 cm³/mol. The van der Waals surface area contributed by atoms with Gasteiger partial charge >= 0.3 is 5.97 Å². The van der Waals surface area contributed by atoms with Gasteiger partial charge in [0, 0.05) is 7.05 Å². The van der Waals surface area contributed by atoms with E-state index in [1.807, 2.05) is 0 Å². The Balaban J connectivity index is 3.30. The van der Waals surface area contributed by atoms with Crippen LogP contribution < -0.4 is 5.32 Å². The first-order valence-corrected chi connectivity index (χ1v) is 6.74. The van der Waals surface area contributed by atoms with Gasteiger partial charge in [0.2, 0.25) is 5.91 Å². The zero-order valence-electron chi connectivity index (χ0n) is 10.2. The average molecular weight is 289 g/mol. The highest BCUT2D eigenvalue weighted by molar-refractivity contribution is 7.92. The van der Waals surface area contributed by atoms with E-state index in [1.54, 1.807) is 0 Å². The second-order valence-corrected chi connectivity index (χ2v) is 5.99. The van der Waals surface area contributed by atoms with Gasteiger partial charge in [0.1, 0.15) is 16.0 Å². The number of hydrogen-bond donors (Lipinski definition) is 2. The summed E-state index contributed by atoms with van der Waals surface area (Å²) in [6.45, 7) is 1.12. The largest absolute Gasteiger partial charge is 0.478 e. The maximum Gasteiger partial charge on any atom is 0.335 e. The first kappa shape index (κ1) is 15.1. The second kappa shape index (κ2) is 5.35. The molecular weight excluding hydrogens is 277 g/mol. The number of carbonyl (C=O) groups is 2. The van der Waals surface area contributed by atoms with Gasteiger partial charge < -0.3 is 10.4 Å². The molecule has 0 spiro atoms. The molecule has 1 unspecified atom stereocenters. The SMILES string of the molecule is CNC(=O)C(C)S(=O)(=O)c1ccc(C(=O)O)cc1F. The summed E-state index contributed by atoms with van der Waals surface area (Å²) in [6.07, 6.45) is 0. The number of carboxylic acid groups (broad SMARTS) is 1. The van der Waals surface area contributed by atoms with Gasteiger partial charge in [-0.25, -0.2) is 17.6 Å². The molecule has 2 N–H and O–H groups in total. The second-order valence-electron chi connectivity index (χ2n) is 3.75. The van der Waals surface area contributed by atoms with Crippen molar-refractivity contribution in [3.05, 3.63) is 29.6 Å². The summed E-state index contributed by atoms with van der Waals surface area (Å²) >= 11 is 0. The molecule has 1 rings (SSSR count). The summed E-state index contributed by atoms with van der Waals surface area (Å²) < 4.78 is 37.6. The van der Waals surface area contributed by atoms with Crippen molar-refractivity contribution in [2.75, 3.05) is 7.05 Å². The number of benzene rings is 1. The van der Waals surface area contributed by atoms with Crippen LogP contribution in [0.4, 0.5) is 4.39 Å². The van der Waals surface area contributed by atoms with Crippen LogP contribution >= 0.6 is 0 Å². The van der Waals surface area contributed by atoms with Crippen LogP contribution in [0.1, 0.15) is 17.3 Å². The lowest BCUT2D eigenvalue weighted by Gasteiger charge is -2.12. The number of aromatic carboxylic acids is 1. The number of sulfone groups is 1. The van der Waals surface area contributed by atoms with Gasteiger partial charge in [-0.3, -0.25) is 4.79 Å². The molecular formula is C11H12FNO5S. The van der Waals surface area contributed by atoms with E-state index >= 15 is 0 Å². The Bertz CT molecular complexity index is 626. The fourth-order valence-corrected chi connectivity index (χ4v) is 2.77. The molecule has 0 aliphatic carbocycles. The molecule has 0 saturated heterocycles. The highest BCUT2D eigenvalue weighted by Gasteiger charge is 2.31. The van der Waals surface area contributed by atoms with E-state index in [1.165, 1.54) is 7.05 Å². The van der Waals surface area contributed by atoms with Crippen molar-refractivity contribution in [3.63, 3.8) is 0 Å². The van der Waals surface area contributed by atoms with Crippen LogP contribution in [0.25, 0.3) is 0 Å². The molecule has 1 aromatic carbocycles. The smallest absolute Gasteiger partial charge is 0.335 e. The maximum atomic E-state index is 13.7. The van der Waals surface area contributed by atoms with E-state index in [2.05, 4.69) is 5.32 Å². The predicted octanol–water partition coefficient (Wildman–Crippen LogP) is 0.432. The van der Waals surface area contributed by atoms with E-state index in [4.69, 9.17) is 5.11 Å². The molecule has 1 aromatic rings. The maximum absolute atomic E-state index is 13.7. The molecule has 0 aliphatic heterocycles. The van der Waals surface area contributed by atoms with E-state index in [0.717, 1.165) is 19.1 Å². The Morgan fingerprint density at radius 1 is 1.37 bits per heavy atom. The quantitative estimate of drug-likeness (QED) is 0.837. The van der Waals surface area contributed by atoms with E-state index in [9.17, 15) is 22.4 Å². The Morgan fingerprint density at radius 2 is 1.95 bits per heavy atom. The van der Waals surface area contributed by atoms with Gasteiger partial charge in [0.25, 0.3) is 0 Å². The van der Waals surface area contributed by atoms with Crippen LogP contribution in [-0.4, -0.2) is 37.7 Å². The third-order valence-electron chi connectivity index (χ3n) is 2.57. The molecule has 0 saturated carbocycles. The van der Waals surface area contributed by atoms with Gasteiger partial charge in [-0.2, -0.15) is 0 Å². The lowest BCUT2D eigenvalue weighted by Crippen LogP contribution is -2.36. The van der Waals surface area contributed by atoms with Crippen LogP contribution in [0, 0.1) is 5.82 Å². The normalized spacial score (nSPS) is 12.8. The van der Waals surface area contributed by atoms with E-state index in [0.29, 0.717) is 6.07 Å². The first-order valence-electron chi connectivity index (χ1n) is 5.20. The zero-order chi connectivity index (χ0) is 14.8. The summed E-state index contributed by atoms with van der Waals surface area (Å²) in [7, 11) is -2.94. The molecule has 1 atom stereocenters. The van der Waals surface area contributed by atoms with Crippen molar-refractivity contribution >= 4 is 21.7 Å². The summed E-state index contributed by atoms with van der Waals surface area (Å²) in [6, 6.07) is 2.41. The number of carbonyl (C=O) groups excluding carboxylic acids is 1. The van der Waals surface area contributed by atoms with Crippen molar-refractivity contribution in [1.82, 2.24) is 5.32 Å². The van der Waals surface area contributed by atoms with Crippen LogP contribution in [0.2, 0.25) is 0 Å². The lowest BCUT2D eigenvalue weighted by atomic mass is 10.2. The van der Waals surface area contributed by atoms with Crippen LogP contribution in [0.3, 0.4) is 0 Å². The number of halogens is 1. The molecule has 1 amide bonds. The van der Waals surface area contributed by atoms with Crippen molar-refractivity contribution in [3.8, 4) is 0 Å². The Hall–Kier alpha value is -1.96. The average Bonchev–Trinajstić information content (AvgIpc) is 2.36. The molecule has 8 heteroatoms. The minimum atomic E-state index is -4.20. The van der Waals surface area contributed by atoms with Gasteiger partial charge in [-0.15, -0.1) is 0 Å². The Labute approximate surface area is 109 Å². The number of carboxylic acids is 1. The topological polar surface area (TPSA) is 101 Å². The van der Waals surface area contributed by atoms with Crippen molar-refractivity contribution in [1.29, 1.82) is 0 Å². The molecule has 0 radical (unpaired) electrons. The van der Waals surface area contributed by atoms with Crippen molar-refractivity contribution < 1.29 is 27.5 Å². The van der Waals surface area contributed by atoms with Crippen LogP contribution in [0.5, 0.6) is 0 Å². The summed E-state index contributed by atoms with van der Waals surface area (Å²) in [4.78, 5) is 21.2. The highest BCUT2D eigenvalue weighted by Crippen LogP contribution is 2.21. The first-order chi connectivity index (χ1) is 8.71. The van der Waals surface area contributed by atoms with E-state index < -0.39 is 37.7 Å². The molecule has 104 valence electrons. The Kier molecular flexibility index (Phi) is 4.25. The Morgan fingerprint density at radius 3 is 2.37 bits per heavy atom. The molecule has 0 fully saturated rings. The fourth-order valence-electron chi connectivity index (χ4n) is 1.40. The lowest BCUT2D eigenvalue weighted by molar-refractivity contribution is -0.119. The van der Waals surface area contributed by atoms with Crippen LogP contribution in [0.15, 0.2) is 23.1 Å². The molecule has 0 heterocycles. The van der Waals surface area contributed by atoms with Gasteiger partial charge in [0.05, 0.1) is 5.56 Å². The standard InChI is InChI=1S/C11H12FNO5S/c1-6(10(14)13-2)19(17,18)9-4-3-7(11(15)16)5-8(9)12/h3-6H,1-2H3,(H,13,14)(H,15,16). The molecule has 0 aromatic heterocycles. The minimum Gasteiger partial charge on any atom is -0.478 e. The number of hydrogen-bond acceptors (Lipinski definition) is 4. The third kappa shape index (κ3) is 2.90. The number of nitrogens with one attached hydrogen (secondary N) is 1. The monoisotopic (exact) mass is 289 g/mol. The molecule has 0 aliphatic rings. The van der Waals surface area contributed by atoms with Crippen molar-refractivity contribution in [2.24, 2.45) is 0 Å². The van der Waals surface area contributed by atoms with Gasteiger partial charge in [0.15, 0.2) is 9.84 Å². The van der Waals surface area contributed by atoms with Gasteiger partial charge in [-0.1, -0.05) is 0 Å². The molecule has 19 heavy (non-hydrogen) atoms. The summed E-state index contributed by atoms with van der Waals surface area (Å²) in [5.41, 5.74) is -0.371. The third-order valence-corrected chi connectivity index (χ3v) is 4.66. The number of amides is 1. The summed E-state index contributed by atoms with van der Waals surface area (Å²) in [5, 5.41) is 9.34. The fraction of sp³-hybridized carbons (Fsp3) is 0.273.